The summed E-state index contributed by atoms with van der Waals surface area (Å²) in [5, 5.41) is 5.36. The Morgan fingerprint density at radius 1 is 1.09 bits per heavy atom. The van der Waals surface area contributed by atoms with Crippen LogP contribution in [0.2, 0.25) is 0 Å². The Morgan fingerprint density at radius 3 is 2.72 bits per heavy atom. The first kappa shape index (κ1) is 20.4. The summed E-state index contributed by atoms with van der Waals surface area (Å²) in [7, 11) is 0. The van der Waals surface area contributed by atoms with E-state index in [1.54, 1.807) is 11.3 Å². The second kappa shape index (κ2) is 8.57. The summed E-state index contributed by atoms with van der Waals surface area (Å²) in [6.45, 7) is 2.17. The number of hydrogen-bond acceptors (Lipinski definition) is 7. The molecule has 0 radical (unpaired) electrons. The topological polar surface area (TPSA) is 81.9 Å². The van der Waals surface area contributed by atoms with Crippen molar-refractivity contribution in [2.45, 2.75) is 26.0 Å². The molecule has 2 aromatic heterocycles. The zero-order valence-corrected chi connectivity index (χ0v) is 18.1. The summed E-state index contributed by atoms with van der Waals surface area (Å²) < 4.78 is 11.5. The summed E-state index contributed by atoms with van der Waals surface area (Å²) in [4.78, 5) is 35.4. The quantitative estimate of drug-likeness (QED) is 0.392. The highest BCUT2D eigenvalue weighted by Gasteiger charge is 2.43. The smallest absolute Gasteiger partial charge is 0.370 e. The van der Waals surface area contributed by atoms with Gasteiger partial charge in [-0.25, -0.2) is 9.78 Å². The van der Waals surface area contributed by atoms with Crippen LogP contribution >= 0.6 is 11.3 Å². The fraction of sp³-hybridized carbons (Fsp3) is 0.208. The Labute approximate surface area is 188 Å². The van der Waals surface area contributed by atoms with Crippen molar-refractivity contribution < 1.29 is 23.6 Å². The van der Waals surface area contributed by atoms with Gasteiger partial charge in [0.05, 0.1) is 23.7 Å². The van der Waals surface area contributed by atoms with Gasteiger partial charge in [0, 0.05) is 11.8 Å². The third-order valence-electron chi connectivity index (χ3n) is 5.27. The molecule has 1 unspecified atom stereocenters. The molecule has 4 aromatic rings. The van der Waals surface area contributed by atoms with Gasteiger partial charge in [-0.05, 0) is 23.3 Å². The lowest BCUT2D eigenvalue weighted by molar-refractivity contribution is -0.180. The summed E-state index contributed by atoms with van der Waals surface area (Å²) in [5.74, 6) is 0.0521. The number of oxazole rings is 1. The number of ether oxygens (including phenoxy) is 1. The van der Waals surface area contributed by atoms with E-state index in [0.717, 1.165) is 32.0 Å². The second-order valence-electron chi connectivity index (χ2n) is 7.45. The Morgan fingerprint density at radius 2 is 1.88 bits per heavy atom. The van der Waals surface area contributed by atoms with Crippen LogP contribution in [0.25, 0.3) is 21.5 Å². The Hall–Kier alpha value is -3.49. The first-order chi connectivity index (χ1) is 15.6. The normalized spacial score (nSPS) is 16.2. The number of thiophene rings is 1. The highest BCUT2D eigenvalue weighted by molar-refractivity contribution is 7.15. The molecule has 1 saturated heterocycles. The number of hydrogen-bond donors (Lipinski definition) is 0. The fourth-order valence-electron chi connectivity index (χ4n) is 3.62. The SMILES string of the molecule is Cc1oc(-c2scc3ccccc23)nc1CCOC1C(=O)ON(Cc2ccccc2)C1=O. The van der Waals surface area contributed by atoms with Gasteiger partial charge < -0.3 is 14.0 Å². The molecule has 0 bridgehead atoms. The van der Waals surface area contributed by atoms with Crippen LogP contribution in [-0.4, -0.2) is 34.6 Å². The van der Waals surface area contributed by atoms with Crippen LogP contribution in [-0.2, 0) is 32.1 Å². The number of carbonyl (C=O) groups excluding carboxylic acids is 2. The summed E-state index contributed by atoms with van der Waals surface area (Å²) in [6.07, 6.45) is -0.847. The number of benzene rings is 2. The summed E-state index contributed by atoms with van der Waals surface area (Å²) in [6, 6.07) is 17.4. The molecule has 0 aliphatic carbocycles. The first-order valence-corrected chi connectivity index (χ1v) is 11.1. The van der Waals surface area contributed by atoms with Crippen molar-refractivity contribution in [2.24, 2.45) is 0 Å². The summed E-state index contributed by atoms with van der Waals surface area (Å²) >= 11 is 1.58. The van der Waals surface area contributed by atoms with E-state index in [1.807, 2.05) is 55.5 Å². The van der Waals surface area contributed by atoms with Crippen LogP contribution in [0.15, 0.2) is 64.4 Å². The van der Waals surface area contributed by atoms with E-state index in [-0.39, 0.29) is 13.2 Å². The van der Waals surface area contributed by atoms with Gasteiger partial charge in [0.1, 0.15) is 5.76 Å². The van der Waals surface area contributed by atoms with Crippen molar-refractivity contribution >= 4 is 34.0 Å². The molecule has 1 fully saturated rings. The van der Waals surface area contributed by atoms with Crippen molar-refractivity contribution in [1.82, 2.24) is 10.0 Å². The highest BCUT2D eigenvalue weighted by atomic mass is 32.1. The Bertz CT molecular complexity index is 1280. The van der Waals surface area contributed by atoms with Crippen molar-refractivity contribution in [3.8, 4) is 10.8 Å². The molecule has 2 aromatic carbocycles. The number of aryl methyl sites for hydroxylation is 1. The molecule has 1 aliphatic rings. The number of hydroxylamine groups is 2. The van der Waals surface area contributed by atoms with Gasteiger partial charge in [-0.1, -0.05) is 54.6 Å². The number of carbonyl (C=O) groups is 2. The van der Waals surface area contributed by atoms with Gasteiger partial charge in [-0.2, -0.15) is 5.06 Å². The molecule has 32 heavy (non-hydrogen) atoms. The molecule has 1 atom stereocenters. The minimum absolute atomic E-state index is 0.142. The number of nitrogens with zero attached hydrogens (tertiary/aromatic N) is 2. The maximum absolute atomic E-state index is 12.5. The zero-order valence-electron chi connectivity index (χ0n) is 17.3. The molecule has 0 spiro atoms. The molecule has 7 nitrogen and oxygen atoms in total. The number of amides is 1. The molecule has 0 saturated carbocycles. The van der Waals surface area contributed by atoms with Gasteiger partial charge in [-0.15, -0.1) is 11.3 Å². The van der Waals surface area contributed by atoms with E-state index in [9.17, 15) is 9.59 Å². The number of rotatable bonds is 7. The predicted octanol–water partition coefficient (Wildman–Crippen LogP) is 4.29. The lowest BCUT2D eigenvalue weighted by Crippen LogP contribution is -2.31. The maximum Gasteiger partial charge on any atom is 0.370 e. The Kier molecular flexibility index (Phi) is 5.46. The van der Waals surface area contributed by atoms with E-state index in [2.05, 4.69) is 16.4 Å². The van der Waals surface area contributed by atoms with E-state index in [4.69, 9.17) is 14.0 Å². The van der Waals surface area contributed by atoms with Crippen molar-refractivity contribution in [1.29, 1.82) is 0 Å². The van der Waals surface area contributed by atoms with Crippen LogP contribution in [0, 0.1) is 6.92 Å². The zero-order chi connectivity index (χ0) is 22.1. The highest BCUT2D eigenvalue weighted by Crippen LogP contribution is 2.35. The molecule has 0 N–H and O–H groups in total. The second-order valence-corrected chi connectivity index (χ2v) is 8.33. The predicted molar refractivity (Wildman–Crippen MR) is 119 cm³/mol. The third-order valence-corrected chi connectivity index (χ3v) is 6.27. The Balaban J connectivity index is 1.22. The van der Waals surface area contributed by atoms with E-state index in [0.29, 0.717) is 18.1 Å². The average molecular weight is 449 g/mol. The molecule has 3 heterocycles. The molecule has 162 valence electrons. The molecular weight excluding hydrogens is 428 g/mol. The van der Waals surface area contributed by atoms with Crippen molar-refractivity contribution in [3.63, 3.8) is 0 Å². The van der Waals surface area contributed by atoms with Crippen molar-refractivity contribution in [3.05, 3.63) is 77.0 Å². The molecule has 1 aliphatic heterocycles. The largest absolute Gasteiger partial charge is 0.440 e. The number of aromatic nitrogens is 1. The standard InChI is InChI=1S/C24H20N2O5S/c1-15-19(25-22(30-15)21-18-10-6-5-9-17(18)14-32-21)11-12-29-20-23(27)26(31-24(20)28)13-16-7-3-2-4-8-16/h2-10,14,20H,11-13H2,1H3. The van der Waals surface area contributed by atoms with Gasteiger partial charge >= 0.3 is 5.97 Å². The molecule has 5 rings (SSSR count). The van der Waals surface area contributed by atoms with Crippen LogP contribution in [0.3, 0.4) is 0 Å². The van der Waals surface area contributed by atoms with Gasteiger partial charge in [-0.3, -0.25) is 4.79 Å². The summed E-state index contributed by atoms with van der Waals surface area (Å²) in [5.41, 5.74) is 1.60. The molecule has 1 amide bonds. The van der Waals surface area contributed by atoms with Crippen LogP contribution in [0.1, 0.15) is 17.0 Å². The molecular formula is C24H20N2O5S. The average Bonchev–Trinajstić information content (AvgIpc) is 3.46. The van der Waals surface area contributed by atoms with E-state index >= 15 is 0 Å². The monoisotopic (exact) mass is 448 g/mol. The minimum Gasteiger partial charge on any atom is -0.440 e. The number of fused-ring (bicyclic) bond motifs is 1. The van der Waals surface area contributed by atoms with E-state index in [1.165, 1.54) is 0 Å². The molecule has 8 heteroatoms. The van der Waals surface area contributed by atoms with E-state index < -0.39 is 18.0 Å². The fourth-order valence-corrected chi connectivity index (χ4v) is 4.57. The van der Waals surface area contributed by atoms with Crippen LogP contribution < -0.4 is 0 Å². The van der Waals surface area contributed by atoms with Gasteiger partial charge in [0.15, 0.2) is 0 Å². The van der Waals surface area contributed by atoms with Crippen LogP contribution in [0.4, 0.5) is 0 Å². The first-order valence-electron chi connectivity index (χ1n) is 10.2. The van der Waals surface area contributed by atoms with Crippen LogP contribution in [0.5, 0.6) is 0 Å². The lowest BCUT2D eigenvalue weighted by Gasteiger charge is -2.12. The van der Waals surface area contributed by atoms with Gasteiger partial charge in [0.25, 0.3) is 5.91 Å². The van der Waals surface area contributed by atoms with Crippen molar-refractivity contribution in [2.75, 3.05) is 6.61 Å². The third kappa shape index (κ3) is 3.90. The lowest BCUT2D eigenvalue weighted by atomic mass is 10.2. The minimum atomic E-state index is -1.26. The van der Waals surface area contributed by atoms with Gasteiger partial charge in [0.2, 0.25) is 12.0 Å². The maximum atomic E-state index is 12.5.